The summed E-state index contributed by atoms with van der Waals surface area (Å²) in [7, 11) is 0. The molecule has 0 saturated carbocycles. The molecule has 3 nitrogen and oxygen atoms in total. The summed E-state index contributed by atoms with van der Waals surface area (Å²) in [5, 5.41) is 0. The zero-order chi connectivity index (χ0) is 13.9. The van der Waals surface area contributed by atoms with Crippen LogP contribution < -0.4 is 5.73 Å². The van der Waals surface area contributed by atoms with Crippen molar-refractivity contribution < 1.29 is 4.79 Å². The molecule has 0 aromatic heterocycles. The number of hydrogen-bond donors (Lipinski definition) is 1. The molecule has 3 heteroatoms. The third-order valence-electron chi connectivity index (χ3n) is 4.63. The Kier molecular flexibility index (Phi) is 5.20. The highest BCUT2D eigenvalue weighted by atomic mass is 16.2. The van der Waals surface area contributed by atoms with E-state index in [-0.39, 0.29) is 11.5 Å². The molecule has 1 aliphatic heterocycles. The lowest BCUT2D eigenvalue weighted by Crippen LogP contribution is -2.49. The lowest BCUT2D eigenvalue weighted by molar-refractivity contribution is -0.135. The second kappa shape index (κ2) is 6.05. The minimum atomic E-state index is 0.200. The fourth-order valence-electron chi connectivity index (χ4n) is 2.41. The van der Waals surface area contributed by atoms with Gasteiger partial charge in [-0.15, -0.1) is 0 Å². The minimum absolute atomic E-state index is 0.200. The van der Waals surface area contributed by atoms with Gasteiger partial charge in [0.1, 0.15) is 0 Å². The Bertz CT molecular complexity index is 283. The summed E-state index contributed by atoms with van der Waals surface area (Å²) in [5.41, 5.74) is 6.28. The Balaban J connectivity index is 2.53. The van der Waals surface area contributed by atoms with E-state index < -0.39 is 0 Å². The molecule has 1 rings (SSSR count). The van der Waals surface area contributed by atoms with E-state index in [0.29, 0.717) is 24.2 Å². The van der Waals surface area contributed by atoms with Crippen LogP contribution in [0, 0.1) is 17.3 Å². The summed E-state index contributed by atoms with van der Waals surface area (Å²) in [6.07, 6.45) is 2.68. The molecule has 18 heavy (non-hydrogen) atoms. The SMILES string of the molecule is CCC1CN(C(=O)CC(C)C(C)(C)C)CCC1N. The number of amides is 1. The van der Waals surface area contributed by atoms with Crippen LogP contribution in [0.15, 0.2) is 0 Å². The topological polar surface area (TPSA) is 46.3 Å². The molecule has 3 atom stereocenters. The van der Waals surface area contributed by atoms with Crippen molar-refractivity contribution in [3.8, 4) is 0 Å². The van der Waals surface area contributed by atoms with Gasteiger partial charge < -0.3 is 10.6 Å². The summed E-state index contributed by atoms with van der Waals surface area (Å²) >= 11 is 0. The van der Waals surface area contributed by atoms with Crippen molar-refractivity contribution in [2.24, 2.45) is 23.0 Å². The molecule has 0 radical (unpaired) electrons. The van der Waals surface area contributed by atoms with Crippen LogP contribution in [-0.2, 0) is 4.79 Å². The van der Waals surface area contributed by atoms with Crippen molar-refractivity contribution in [3.63, 3.8) is 0 Å². The largest absolute Gasteiger partial charge is 0.342 e. The maximum Gasteiger partial charge on any atom is 0.222 e. The molecule has 106 valence electrons. The van der Waals surface area contributed by atoms with E-state index in [1.165, 1.54) is 0 Å². The minimum Gasteiger partial charge on any atom is -0.342 e. The molecule has 1 fully saturated rings. The number of nitrogens with zero attached hydrogens (tertiary/aromatic N) is 1. The zero-order valence-corrected chi connectivity index (χ0v) is 12.7. The molecular weight excluding hydrogens is 224 g/mol. The van der Waals surface area contributed by atoms with E-state index in [1.54, 1.807) is 0 Å². The summed E-state index contributed by atoms with van der Waals surface area (Å²) in [5.74, 6) is 1.20. The summed E-state index contributed by atoms with van der Waals surface area (Å²) in [6.45, 7) is 12.6. The number of nitrogens with two attached hydrogens (primary N) is 1. The van der Waals surface area contributed by atoms with Gasteiger partial charge in [-0.1, -0.05) is 41.0 Å². The first-order chi connectivity index (χ1) is 8.25. The second-order valence-corrected chi connectivity index (χ2v) is 6.93. The Morgan fingerprint density at radius 2 is 2.06 bits per heavy atom. The molecule has 0 aliphatic carbocycles. The zero-order valence-electron chi connectivity index (χ0n) is 12.7. The van der Waals surface area contributed by atoms with E-state index in [4.69, 9.17) is 5.73 Å². The number of carbonyl (C=O) groups is 1. The fourth-order valence-corrected chi connectivity index (χ4v) is 2.41. The van der Waals surface area contributed by atoms with Gasteiger partial charge in [0.05, 0.1) is 0 Å². The summed E-state index contributed by atoms with van der Waals surface area (Å²) < 4.78 is 0. The first-order valence-electron chi connectivity index (χ1n) is 7.29. The van der Waals surface area contributed by atoms with Crippen molar-refractivity contribution in [3.05, 3.63) is 0 Å². The molecule has 1 aliphatic rings. The summed E-state index contributed by atoms with van der Waals surface area (Å²) in [6, 6.07) is 0.277. The van der Waals surface area contributed by atoms with Crippen LogP contribution in [-0.4, -0.2) is 29.9 Å². The Labute approximate surface area is 112 Å². The number of piperidine rings is 1. The van der Waals surface area contributed by atoms with Crippen molar-refractivity contribution in [2.45, 2.75) is 59.9 Å². The third-order valence-corrected chi connectivity index (χ3v) is 4.63. The highest BCUT2D eigenvalue weighted by Gasteiger charge is 2.30. The van der Waals surface area contributed by atoms with Gasteiger partial charge in [-0.3, -0.25) is 4.79 Å². The highest BCUT2D eigenvalue weighted by Crippen LogP contribution is 2.29. The van der Waals surface area contributed by atoms with Crippen molar-refractivity contribution in [1.82, 2.24) is 4.90 Å². The highest BCUT2D eigenvalue weighted by molar-refractivity contribution is 5.76. The van der Waals surface area contributed by atoms with E-state index in [1.807, 2.05) is 4.90 Å². The molecule has 1 heterocycles. The van der Waals surface area contributed by atoms with Crippen LogP contribution in [0.3, 0.4) is 0 Å². The predicted octanol–water partition coefficient (Wildman–Crippen LogP) is 2.64. The van der Waals surface area contributed by atoms with Crippen LogP contribution in [0.1, 0.15) is 53.9 Å². The normalized spacial score (nSPS) is 27.1. The van der Waals surface area contributed by atoms with E-state index >= 15 is 0 Å². The summed E-state index contributed by atoms with van der Waals surface area (Å²) in [4.78, 5) is 14.3. The predicted molar refractivity (Wildman–Crippen MR) is 76.2 cm³/mol. The maximum atomic E-state index is 12.3. The molecular formula is C15H30N2O. The molecule has 0 aromatic rings. The standard InChI is InChI=1S/C15H30N2O/c1-6-12-10-17(8-7-13(12)16)14(18)9-11(2)15(3,4)5/h11-13H,6-10,16H2,1-5H3. The first-order valence-corrected chi connectivity index (χ1v) is 7.29. The van der Waals surface area contributed by atoms with Gasteiger partial charge in [0.25, 0.3) is 0 Å². The maximum absolute atomic E-state index is 12.3. The quantitative estimate of drug-likeness (QED) is 0.841. The Morgan fingerprint density at radius 1 is 1.44 bits per heavy atom. The first kappa shape index (κ1) is 15.5. The third kappa shape index (κ3) is 3.98. The van der Waals surface area contributed by atoms with E-state index in [9.17, 15) is 4.79 Å². The van der Waals surface area contributed by atoms with Gasteiger partial charge in [0.15, 0.2) is 0 Å². The Hall–Kier alpha value is -0.570. The van der Waals surface area contributed by atoms with Gasteiger partial charge >= 0.3 is 0 Å². The van der Waals surface area contributed by atoms with Crippen LogP contribution in [0.4, 0.5) is 0 Å². The van der Waals surface area contributed by atoms with E-state index in [0.717, 1.165) is 25.9 Å². The van der Waals surface area contributed by atoms with Crippen LogP contribution in [0.25, 0.3) is 0 Å². The van der Waals surface area contributed by atoms with Gasteiger partial charge in [-0.25, -0.2) is 0 Å². The number of carbonyl (C=O) groups excluding carboxylic acids is 1. The lowest BCUT2D eigenvalue weighted by atomic mass is 9.79. The lowest BCUT2D eigenvalue weighted by Gasteiger charge is -2.38. The van der Waals surface area contributed by atoms with Gasteiger partial charge in [-0.05, 0) is 23.7 Å². The monoisotopic (exact) mass is 254 g/mol. The molecule has 0 aromatic carbocycles. The van der Waals surface area contributed by atoms with E-state index in [2.05, 4.69) is 34.6 Å². The molecule has 3 unspecified atom stereocenters. The smallest absolute Gasteiger partial charge is 0.222 e. The fraction of sp³-hybridized carbons (Fsp3) is 0.933. The Morgan fingerprint density at radius 3 is 2.56 bits per heavy atom. The van der Waals surface area contributed by atoms with Gasteiger partial charge in [-0.2, -0.15) is 0 Å². The molecule has 0 bridgehead atoms. The number of rotatable bonds is 3. The average molecular weight is 254 g/mol. The van der Waals surface area contributed by atoms with Crippen LogP contribution >= 0.6 is 0 Å². The average Bonchev–Trinajstić information content (AvgIpc) is 2.28. The van der Waals surface area contributed by atoms with Crippen molar-refractivity contribution in [1.29, 1.82) is 0 Å². The van der Waals surface area contributed by atoms with Gasteiger partial charge in [0.2, 0.25) is 5.91 Å². The van der Waals surface area contributed by atoms with Gasteiger partial charge in [0, 0.05) is 25.6 Å². The number of likely N-dealkylation sites (tertiary alicyclic amines) is 1. The van der Waals surface area contributed by atoms with Crippen molar-refractivity contribution >= 4 is 5.91 Å². The molecule has 1 amide bonds. The molecule has 2 N–H and O–H groups in total. The molecule has 0 spiro atoms. The number of hydrogen-bond acceptors (Lipinski definition) is 2. The second-order valence-electron chi connectivity index (χ2n) is 6.93. The molecule has 1 saturated heterocycles. The van der Waals surface area contributed by atoms with Crippen LogP contribution in [0.5, 0.6) is 0 Å². The van der Waals surface area contributed by atoms with Crippen LogP contribution in [0.2, 0.25) is 0 Å². The van der Waals surface area contributed by atoms with Crippen molar-refractivity contribution in [2.75, 3.05) is 13.1 Å².